The standard InChI is InChI=1S/C35H25N/c1-24-16-20-27(21-17-24)36(34-14-6-12-30-28-10-4-2-8-25(28)18-22-32(30)34)35-15-7-13-31-29-11-5-3-9-26(29)19-23-33(31)35/h2-23H,1H3. The van der Waals surface area contributed by atoms with E-state index in [1.165, 1.54) is 60.0 Å². The number of rotatable bonds is 3. The first-order valence-corrected chi connectivity index (χ1v) is 12.5. The van der Waals surface area contributed by atoms with E-state index in [9.17, 15) is 0 Å². The minimum absolute atomic E-state index is 1.15. The topological polar surface area (TPSA) is 3.24 Å². The van der Waals surface area contributed by atoms with Crippen LogP contribution in [-0.4, -0.2) is 0 Å². The zero-order chi connectivity index (χ0) is 24.1. The van der Waals surface area contributed by atoms with Gasteiger partial charge < -0.3 is 4.90 Å². The highest BCUT2D eigenvalue weighted by Crippen LogP contribution is 2.44. The third-order valence-corrected chi connectivity index (χ3v) is 7.30. The molecule has 0 saturated heterocycles. The van der Waals surface area contributed by atoms with Gasteiger partial charge in [0.25, 0.3) is 0 Å². The Kier molecular flexibility index (Phi) is 4.75. The predicted octanol–water partition coefficient (Wildman–Crippen LogP) is 10.1. The van der Waals surface area contributed by atoms with Gasteiger partial charge >= 0.3 is 0 Å². The fourth-order valence-electron chi connectivity index (χ4n) is 5.54. The average molecular weight is 460 g/mol. The number of benzene rings is 7. The first-order chi connectivity index (χ1) is 17.8. The third-order valence-electron chi connectivity index (χ3n) is 7.30. The monoisotopic (exact) mass is 459 g/mol. The minimum atomic E-state index is 1.15. The molecule has 1 nitrogen and oxygen atoms in total. The zero-order valence-corrected chi connectivity index (χ0v) is 20.1. The van der Waals surface area contributed by atoms with E-state index in [2.05, 4.69) is 145 Å². The summed E-state index contributed by atoms with van der Waals surface area (Å²) in [5, 5.41) is 10.1. The van der Waals surface area contributed by atoms with Crippen molar-refractivity contribution in [3.63, 3.8) is 0 Å². The van der Waals surface area contributed by atoms with Crippen molar-refractivity contribution in [2.75, 3.05) is 4.90 Å². The van der Waals surface area contributed by atoms with Gasteiger partial charge in [-0.05, 0) is 63.5 Å². The summed E-state index contributed by atoms with van der Waals surface area (Å²) < 4.78 is 0. The molecule has 0 amide bonds. The number of fused-ring (bicyclic) bond motifs is 6. The largest absolute Gasteiger partial charge is 0.309 e. The van der Waals surface area contributed by atoms with E-state index in [1.807, 2.05) is 0 Å². The van der Waals surface area contributed by atoms with Crippen LogP contribution in [0.3, 0.4) is 0 Å². The minimum Gasteiger partial charge on any atom is -0.309 e. The Hall–Kier alpha value is -4.62. The second kappa shape index (κ2) is 8.25. The van der Waals surface area contributed by atoms with Gasteiger partial charge in [0.1, 0.15) is 0 Å². The van der Waals surface area contributed by atoms with Crippen LogP contribution in [0.4, 0.5) is 17.1 Å². The van der Waals surface area contributed by atoms with E-state index in [0.29, 0.717) is 0 Å². The summed E-state index contributed by atoms with van der Waals surface area (Å²) in [6.07, 6.45) is 0. The maximum atomic E-state index is 2.42. The Morgan fingerprint density at radius 2 is 0.833 bits per heavy atom. The normalized spacial score (nSPS) is 11.5. The zero-order valence-electron chi connectivity index (χ0n) is 20.1. The van der Waals surface area contributed by atoms with Crippen molar-refractivity contribution in [1.29, 1.82) is 0 Å². The van der Waals surface area contributed by atoms with Crippen molar-refractivity contribution < 1.29 is 0 Å². The molecule has 0 saturated carbocycles. The van der Waals surface area contributed by atoms with E-state index in [-0.39, 0.29) is 0 Å². The average Bonchev–Trinajstić information content (AvgIpc) is 2.94. The SMILES string of the molecule is Cc1ccc(N(c2cccc3c2ccc2ccccc23)c2cccc3c2ccc2ccccc23)cc1. The Morgan fingerprint density at radius 3 is 1.36 bits per heavy atom. The van der Waals surface area contributed by atoms with Crippen LogP contribution in [0.1, 0.15) is 5.56 Å². The van der Waals surface area contributed by atoms with Crippen LogP contribution in [0.5, 0.6) is 0 Å². The van der Waals surface area contributed by atoms with Gasteiger partial charge in [0.05, 0.1) is 11.4 Å². The predicted molar refractivity (Wildman–Crippen MR) is 156 cm³/mol. The molecular formula is C35H25N. The lowest BCUT2D eigenvalue weighted by Gasteiger charge is -2.28. The number of anilines is 3. The van der Waals surface area contributed by atoms with Crippen LogP contribution in [0.15, 0.2) is 133 Å². The fourth-order valence-corrected chi connectivity index (χ4v) is 5.54. The molecule has 0 bridgehead atoms. The molecule has 0 aromatic heterocycles. The maximum absolute atomic E-state index is 2.42. The molecule has 0 aliphatic carbocycles. The Labute approximate surface area is 210 Å². The summed E-state index contributed by atoms with van der Waals surface area (Å²) >= 11 is 0. The van der Waals surface area contributed by atoms with Crippen molar-refractivity contribution in [3.8, 4) is 0 Å². The van der Waals surface area contributed by atoms with Gasteiger partial charge in [-0.2, -0.15) is 0 Å². The van der Waals surface area contributed by atoms with E-state index >= 15 is 0 Å². The van der Waals surface area contributed by atoms with Gasteiger partial charge in [-0.1, -0.05) is 115 Å². The van der Waals surface area contributed by atoms with E-state index in [4.69, 9.17) is 0 Å². The lowest BCUT2D eigenvalue weighted by molar-refractivity contribution is 1.30. The van der Waals surface area contributed by atoms with E-state index < -0.39 is 0 Å². The van der Waals surface area contributed by atoms with Gasteiger partial charge in [-0.3, -0.25) is 0 Å². The molecule has 7 rings (SSSR count). The maximum Gasteiger partial charge on any atom is 0.0540 e. The number of nitrogens with zero attached hydrogens (tertiary/aromatic N) is 1. The van der Waals surface area contributed by atoms with Crippen LogP contribution in [-0.2, 0) is 0 Å². The second-order valence-electron chi connectivity index (χ2n) is 9.49. The number of hydrogen-bond acceptors (Lipinski definition) is 1. The highest BCUT2D eigenvalue weighted by Gasteiger charge is 2.18. The first kappa shape index (κ1) is 20.7. The summed E-state index contributed by atoms with van der Waals surface area (Å²) in [4.78, 5) is 2.42. The molecule has 0 atom stereocenters. The Morgan fingerprint density at radius 1 is 0.361 bits per heavy atom. The molecular weight excluding hydrogens is 434 g/mol. The summed E-state index contributed by atoms with van der Waals surface area (Å²) in [5.74, 6) is 0. The van der Waals surface area contributed by atoms with Gasteiger partial charge in [0.2, 0.25) is 0 Å². The van der Waals surface area contributed by atoms with Crippen molar-refractivity contribution in [2.24, 2.45) is 0 Å². The molecule has 7 aromatic rings. The van der Waals surface area contributed by atoms with Crippen LogP contribution < -0.4 is 4.90 Å². The molecule has 0 radical (unpaired) electrons. The molecule has 0 heterocycles. The summed E-state index contributed by atoms with van der Waals surface area (Å²) in [6.45, 7) is 2.14. The van der Waals surface area contributed by atoms with Crippen LogP contribution in [0.2, 0.25) is 0 Å². The van der Waals surface area contributed by atoms with Gasteiger partial charge in [-0.25, -0.2) is 0 Å². The molecule has 0 unspecified atom stereocenters. The van der Waals surface area contributed by atoms with Crippen LogP contribution in [0, 0.1) is 6.92 Å². The van der Waals surface area contributed by atoms with Crippen molar-refractivity contribution in [3.05, 3.63) is 139 Å². The first-order valence-electron chi connectivity index (χ1n) is 12.5. The molecule has 0 spiro atoms. The van der Waals surface area contributed by atoms with Crippen LogP contribution >= 0.6 is 0 Å². The molecule has 0 aliphatic rings. The lowest BCUT2D eigenvalue weighted by Crippen LogP contribution is -2.11. The summed E-state index contributed by atoms with van der Waals surface area (Å²) in [7, 11) is 0. The Bertz CT molecular complexity index is 1780. The second-order valence-corrected chi connectivity index (χ2v) is 9.49. The summed E-state index contributed by atoms with van der Waals surface area (Å²) in [6, 6.07) is 48.5. The molecule has 170 valence electrons. The molecule has 0 aliphatic heterocycles. The summed E-state index contributed by atoms with van der Waals surface area (Å²) in [5.41, 5.74) is 4.78. The molecule has 0 fully saturated rings. The molecule has 0 N–H and O–H groups in total. The van der Waals surface area contributed by atoms with E-state index in [1.54, 1.807) is 0 Å². The van der Waals surface area contributed by atoms with Gasteiger partial charge in [0.15, 0.2) is 0 Å². The van der Waals surface area contributed by atoms with Gasteiger partial charge in [-0.15, -0.1) is 0 Å². The highest BCUT2D eigenvalue weighted by molar-refractivity contribution is 6.16. The fraction of sp³-hybridized carbons (Fsp3) is 0.0286. The third kappa shape index (κ3) is 3.25. The quantitative estimate of drug-likeness (QED) is 0.238. The number of hydrogen-bond donors (Lipinski definition) is 0. The molecule has 1 heteroatoms. The van der Waals surface area contributed by atoms with Gasteiger partial charge in [0, 0.05) is 16.5 Å². The van der Waals surface area contributed by atoms with E-state index in [0.717, 1.165) is 5.69 Å². The highest BCUT2D eigenvalue weighted by atomic mass is 15.1. The van der Waals surface area contributed by atoms with Crippen molar-refractivity contribution in [1.82, 2.24) is 0 Å². The van der Waals surface area contributed by atoms with Crippen LogP contribution in [0.25, 0.3) is 43.1 Å². The lowest BCUT2D eigenvalue weighted by atomic mass is 9.98. The smallest absolute Gasteiger partial charge is 0.0540 e. The molecule has 36 heavy (non-hydrogen) atoms. The Balaban J connectivity index is 1.57. The van der Waals surface area contributed by atoms with Crippen molar-refractivity contribution in [2.45, 2.75) is 6.92 Å². The molecule has 7 aromatic carbocycles. The number of aryl methyl sites for hydroxylation is 1. The van der Waals surface area contributed by atoms with Crippen molar-refractivity contribution >= 4 is 60.2 Å².